The van der Waals surface area contributed by atoms with Gasteiger partial charge in [0.1, 0.15) is 17.3 Å². The molecule has 2 aromatic carbocycles. The zero-order chi connectivity index (χ0) is 20.7. The smallest absolute Gasteiger partial charge is 0.271 e. The molecule has 0 spiro atoms. The summed E-state index contributed by atoms with van der Waals surface area (Å²) in [5.41, 5.74) is 2.77. The molecule has 3 heterocycles. The number of nitro groups is 1. The lowest BCUT2D eigenvalue weighted by atomic mass is 10.1. The van der Waals surface area contributed by atoms with Gasteiger partial charge in [0.2, 0.25) is 0 Å². The molecule has 0 bridgehead atoms. The minimum Gasteiger partial charge on any atom is -0.507 e. The van der Waals surface area contributed by atoms with E-state index >= 15 is 0 Å². The van der Waals surface area contributed by atoms with E-state index in [0.29, 0.717) is 39.5 Å². The minimum absolute atomic E-state index is 0.0252. The van der Waals surface area contributed by atoms with E-state index in [-0.39, 0.29) is 11.4 Å². The zero-order valence-corrected chi connectivity index (χ0v) is 15.4. The second-order valence-corrected chi connectivity index (χ2v) is 6.59. The Morgan fingerprint density at radius 2 is 1.87 bits per heavy atom. The average Bonchev–Trinajstić information content (AvgIpc) is 3.38. The van der Waals surface area contributed by atoms with E-state index in [1.165, 1.54) is 12.1 Å². The molecule has 0 radical (unpaired) electrons. The lowest BCUT2D eigenvalue weighted by Crippen LogP contribution is -1.97. The Labute approximate surface area is 169 Å². The van der Waals surface area contributed by atoms with Crippen molar-refractivity contribution in [3.63, 3.8) is 0 Å². The molecule has 9 nitrogen and oxygen atoms in total. The number of aromatic hydroxyl groups is 1. The number of non-ortho nitro benzene ring substituents is 1. The summed E-state index contributed by atoms with van der Waals surface area (Å²) in [5.74, 6) is 1.16. The second kappa shape index (κ2) is 6.82. The van der Waals surface area contributed by atoms with Crippen LogP contribution in [0.1, 0.15) is 0 Å². The van der Waals surface area contributed by atoms with Crippen molar-refractivity contribution in [2.24, 2.45) is 0 Å². The zero-order valence-electron chi connectivity index (χ0n) is 15.4. The first-order valence-electron chi connectivity index (χ1n) is 9.04. The largest absolute Gasteiger partial charge is 0.507 e. The number of phenols is 1. The monoisotopic (exact) mass is 398 g/mol. The predicted octanol–water partition coefficient (Wildman–Crippen LogP) is 4.09. The number of benzene rings is 2. The van der Waals surface area contributed by atoms with Crippen molar-refractivity contribution in [1.82, 2.24) is 24.7 Å². The van der Waals surface area contributed by atoms with Crippen LogP contribution in [-0.4, -0.2) is 34.8 Å². The van der Waals surface area contributed by atoms with Gasteiger partial charge in [-0.15, -0.1) is 0 Å². The van der Waals surface area contributed by atoms with Gasteiger partial charge >= 0.3 is 0 Å². The standard InChI is InChI=1S/C21H14N6O3/c28-18-6-2-1-5-14(18)20-15(12-26(25-20)19-7-3-4-10-22-19)21-23-16-9-8-13(27(29)30)11-17(16)24-21/h1-12,28H,(H,23,24). The highest BCUT2D eigenvalue weighted by molar-refractivity contribution is 5.86. The van der Waals surface area contributed by atoms with E-state index in [1.54, 1.807) is 47.4 Å². The van der Waals surface area contributed by atoms with Gasteiger partial charge in [-0.25, -0.2) is 14.6 Å². The Morgan fingerprint density at radius 3 is 2.63 bits per heavy atom. The van der Waals surface area contributed by atoms with Crippen LogP contribution in [0.15, 0.2) is 73.1 Å². The Bertz CT molecular complexity index is 1390. The molecule has 146 valence electrons. The fourth-order valence-electron chi connectivity index (χ4n) is 3.27. The molecule has 3 aromatic heterocycles. The fourth-order valence-corrected chi connectivity index (χ4v) is 3.27. The van der Waals surface area contributed by atoms with Crippen molar-refractivity contribution in [3.05, 3.63) is 83.2 Å². The van der Waals surface area contributed by atoms with Crippen LogP contribution in [0.25, 0.3) is 39.5 Å². The van der Waals surface area contributed by atoms with E-state index in [1.807, 2.05) is 18.2 Å². The van der Waals surface area contributed by atoms with Gasteiger partial charge in [0.05, 0.1) is 21.5 Å². The minimum atomic E-state index is -0.452. The number of hydrogen-bond donors (Lipinski definition) is 2. The maximum atomic E-state index is 11.1. The lowest BCUT2D eigenvalue weighted by molar-refractivity contribution is -0.384. The molecule has 0 atom stereocenters. The SMILES string of the molecule is O=[N+]([O-])c1ccc2nc(-c3cn(-c4ccccn4)nc3-c3ccccc3O)[nH]c2c1. The van der Waals surface area contributed by atoms with Gasteiger partial charge < -0.3 is 10.1 Å². The van der Waals surface area contributed by atoms with Crippen molar-refractivity contribution in [2.75, 3.05) is 0 Å². The molecule has 0 unspecified atom stereocenters. The van der Waals surface area contributed by atoms with Crippen molar-refractivity contribution in [1.29, 1.82) is 0 Å². The number of fused-ring (bicyclic) bond motifs is 1. The van der Waals surface area contributed by atoms with Crippen LogP contribution in [0, 0.1) is 10.1 Å². The van der Waals surface area contributed by atoms with Crippen LogP contribution in [0.2, 0.25) is 0 Å². The number of nitrogens with zero attached hydrogens (tertiary/aromatic N) is 5. The number of nitrogens with one attached hydrogen (secondary N) is 1. The highest BCUT2D eigenvalue weighted by Gasteiger charge is 2.20. The lowest BCUT2D eigenvalue weighted by Gasteiger charge is -2.03. The maximum Gasteiger partial charge on any atom is 0.271 e. The number of hydrogen-bond acceptors (Lipinski definition) is 6. The average molecular weight is 398 g/mol. The van der Waals surface area contributed by atoms with Crippen LogP contribution in [0.5, 0.6) is 5.75 Å². The van der Waals surface area contributed by atoms with Gasteiger partial charge in [0.25, 0.3) is 5.69 Å². The highest BCUT2D eigenvalue weighted by atomic mass is 16.6. The summed E-state index contributed by atoms with van der Waals surface area (Å²) >= 11 is 0. The van der Waals surface area contributed by atoms with Gasteiger partial charge in [-0.2, -0.15) is 5.10 Å². The first kappa shape index (κ1) is 17.6. The van der Waals surface area contributed by atoms with Crippen molar-refractivity contribution >= 4 is 16.7 Å². The van der Waals surface area contributed by atoms with Gasteiger partial charge in [0.15, 0.2) is 5.82 Å². The third-order valence-electron chi connectivity index (χ3n) is 4.69. The molecular formula is C21H14N6O3. The number of phenolic OH excluding ortho intramolecular Hbond substituents is 1. The Morgan fingerprint density at radius 1 is 1.03 bits per heavy atom. The second-order valence-electron chi connectivity index (χ2n) is 6.59. The summed E-state index contributed by atoms with van der Waals surface area (Å²) in [6, 6.07) is 16.8. The van der Waals surface area contributed by atoms with Crippen LogP contribution < -0.4 is 0 Å². The molecule has 0 aliphatic rings. The normalized spacial score (nSPS) is 11.1. The van der Waals surface area contributed by atoms with E-state index in [4.69, 9.17) is 0 Å². The van der Waals surface area contributed by atoms with Crippen molar-refractivity contribution in [2.45, 2.75) is 0 Å². The van der Waals surface area contributed by atoms with Crippen molar-refractivity contribution < 1.29 is 10.0 Å². The predicted molar refractivity (Wildman–Crippen MR) is 110 cm³/mol. The molecule has 0 aliphatic heterocycles. The van der Waals surface area contributed by atoms with Gasteiger partial charge in [-0.3, -0.25) is 10.1 Å². The van der Waals surface area contributed by atoms with Gasteiger partial charge in [0, 0.05) is 30.1 Å². The van der Waals surface area contributed by atoms with Crippen LogP contribution in [0.4, 0.5) is 5.69 Å². The fraction of sp³-hybridized carbons (Fsp3) is 0. The molecule has 5 aromatic rings. The third-order valence-corrected chi connectivity index (χ3v) is 4.69. The van der Waals surface area contributed by atoms with Crippen LogP contribution in [0.3, 0.4) is 0 Å². The van der Waals surface area contributed by atoms with Crippen molar-refractivity contribution in [3.8, 4) is 34.2 Å². The summed E-state index contributed by atoms with van der Waals surface area (Å²) in [6.45, 7) is 0. The number of aromatic amines is 1. The summed E-state index contributed by atoms with van der Waals surface area (Å²) in [7, 11) is 0. The molecule has 0 amide bonds. The number of pyridine rings is 1. The summed E-state index contributed by atoms with van der Waals surface area (Å²) < 4.78 is 1.60. The van der Waals surface area contributed by atoms with Crippen LogP contribution >= 0.6 is 0 Å². The third kappa shape index (κ3) is 2.94. The molecule has 5 rings (SSSR count). The number of imidazole rings is 1. The number of aromatic nitrogens is 5. The van der Waals surface area contributed by atoms with E-state index < -0.39 is 4.92 Å². The van der Waals surface area contributed by atoms with E-state index in [2.05, 4.69) is 20.1 Å². The van der Waals surface area contributed by atoms with E-state index in [0.717, 1.165) is 0 Å². The maximum absolute atomic E-state index is 11.1. The number of H-pyrrole nitrogens is 1. The highest BCUT2D eigenvalue weighted by Crippen LogP contribution is 2.36. The number of rotatable bonds is 4. The molecule has 0 saturated carbocycles. The quantitative estimate of drug-likeness (QED) is 0.347. The Hall–Kier alpha value is -4.53. The summed E-state index contributed by atoms with van der Waals surface area (Å²) in [5, 5.41) is 26.1. The first-order chi connectivity index (χ1) is 14.6. The molecule has 9 heteroatoms. The number of nitro benzene ring substituents is 1. The summed E-state index contributed by atoms with van der Waals surface area (Å²) in [4.78, 5) is 22.7. The topological polar surface area (TPSA) is 123 Å². The Balaban J connectivity index is 1.72. The molecule has 0 saturated heterocycles. The van der Waals surface area contributed by atoms with Gasteiger partial charge in [-0.05, 0) is 30.3 Å². The Kier molecular flexibility index (Phi) is 3.99. The van der Waals surface area contributed by atoms with Crippen LogP contribution in [-0.2, 0) is 0 Å². The molecule has 0 fully saturated rings. The number of para-hydroxylation sites is 1. The molecule has 2 N–H and O–H groups in total. The molecule has 30 heavy (non-hydrogen) atoms. The molecular weight excluding hydrogens is 384 g/mol. The summed E-state index contributed by atoms with van der Waals surface area (Å²) in [6.07, 6.45) is 3.42. The van der Waals surface area contributed by atoms with E-state index in [9.17, 15) is 15.2 Å². The molecule has 0 aliphatic carbocycles. The first-order valence-corrected chi connectivity index (χ1v) is 9.04. The van der Waals surface area contributed by atoms with Gasteiger partial charge in [-0.1, -0.05) is 18.2 Å².